The van der Waals surface area contributed by atoms with Crippen LogP contribution in [-0.2, 0) is 13.5 Å². The van der Waals surface area contributed by atoms with E-state index in [2.05, 4.69) is 28.8 Å². The van der Waals surface area contributed by atoms with E-state index in [9.17, 15) is 0 Å². The summed E-state index contributed by atoms with van der Waals surface area (Å²) in [6.07, 6.45) is 5.56. The van der Waals surface area contributed by atoms with Crippen molar-refractivity contribution in [2.75, 3.05) is 13.1 Å². The van der Waals surface area contributed by atoms with Crippen molar-refractivity contribution in [3.05, 3.63) is 17.7 Å². The quantitative estimate of drug-likeness (QED) is 0.770. The number of aromatic nitrogens is 2. The molecule has 1 aliphatic rings. The average molecular weight is 193 g/mol. The van der Waals surface area contributed by atoms with Gasteiger partial charge >= 0.3 is 0 Å². The number of imidazole rings is 1. The summed E-state index contributed by atoms with van der Waals surface area (Å²) in [5.74, 6) is 1.95. The Morgan fingerprint density at radius 2 is 2.21 bits per heavy atom. The highest BCUT2D eigenvalue weighted by Gasteiger charge is 2.19. The van der Waals surface area contributed by atoms with Crippen molar-refractivity contribution in [3.63, 3.8) is 0 Å². The van der Waals surface area contributed by atoms with E-state index in [0.29, 0.717) is 5.92 Å². The molecule has 1 aromatic rings. The second kappa shape index (κ2) is 4.13. The van der Waals surface area contributed by atoms with Gasteiger partial charge in [0.15, 0.2) is 0 Å². The SMILES string of the molecule is CCc1cnc(C2CCNCC2)n1C. The Bertz CT molecular complexity index is 297. The van der Waals surface area contributed by atoms with E-state index < -0.39 is 0 Å². The second-order valence-electron chi connectivity index (χ2n) is 4.04. The van der Waals surface area contributed by atoms with Crippen LogP contribution in [0.15, 0.2) is 6.20 Å². The van der Waals surface area contributed by atoms with Gasteiger partial charge in [0.25, 0.3) is 0 Å². The first-order valence-electron chi connectivity index (χ1n) is 5.54. The molecule has 0 atom stereocenters. The zero-order valence-electron chi connectivity index (χ0n) is 9.08. The lowest BCUT2D eigenvalue weighted by molar-refractivity contribution is 0.436. The molecule has 1 aliphatic heterocycles. The van der Waals surface area contributed by atoms with Gasteiger partial charge in [0, 0.05) is 24.9 Å². The number of nitrogens with one attached hydrogen (secondary N) is 1. The van der Waals surface area contributed by atoms with Crippen molar-refractivity contribution < 1.29 is 0 Å². The molecule has 14 heavy (non-hydrogen) atoms. The third-order valence-corrected chi connectivity index (χ3v) is 3.19. The van der Waals surface area contributed by atoms with Crippen molar-refractivity contribution in [3.8, 4) is 0 Å². The van der Waals surface area contributed by atoms with E-state index in [1.54, 1.807) is 0 Å². The summed E-state index contributed by atoms with van der Waals surface area (Å²) in [6, 6.07) is 0. The Kier molecular flexibility index (Phi) is 2.87. The van der Waals surface area contributed by atoms with Gasteiger partial charge in [-0.2, -0.15) is 0 Å². The molecule has 78 valence electrons. The van der Waals surface area contributed by atoms with Crippen molar-refractivity contribution in [2.24, 2.45) is 7.05 Å². The summed E-state index contributed by atoms with van der Waals surface area (Å²) in [7, 11) is 2.14. The molecule has 0 unspecified atom stereocenters. The first-order valence-corrected chi connectivity index (χ1v) is 5.54. The molecule has 0 aliphatic carbocycles. The summed E-state index contributed by atoms with van der Waals surface area (Å²) in [6.45, 7) is 4.46. The molecule has 0 radical (unpaired) electrons. The maximum atomic E-state index is 4.55. The minimum Gasteiger partial charge on any atom is -0.335 e. The second-order valence-corrected chi connectivity index (χ2v) is 4.04. The van der Waals surface area contributed by atoms with Gasteiger partial charge in [-0.1, -0.05) is 6.92 Å². The van der Waals surface area contributed by atoms with Gasteiger partial charge in [0.05, 0.1) is 0 Å². The Hall–Kier alpha value is -0.830. The van der Waals surface area contributed by atoms with E-state index in [0.717, 1.165) is 19.5 Å². The lowest BCUT2D eigenvalue weighted by atomic mass is 9.97. The zero-order valence-corrected chi connectivity index (χ0v) is 9.08. The van der Waals surface area contributed by atoms with Gasteiger partial charge < -0.3 is 9.88 Å². The van der Waals surface area contributed by atoms with Crippen LogP contribution in [0.25, 0.3) is 0 Å². The first kappa shape index (κ1) is 9.71. The summed E-state index contributed by atoms with van der Waals surface area (Å²) in [4.78, 5) is 4.55. The summed E-state index contributed by atoms with van der Waals surface area (Å²) in [5, 5.41) is 3.39. The molecule has 0 aromatic carbocycles. The molecule has 1 fully saturated rings. The van der Waals surface area contributed by atoms with Gasteiger partial charge in [0.1, 0.15) is 5.82 Å². The molecular weight excluding hydrogens is 174 g/mol. The van der Waals surface area contributed by atoms with Crippen molar-refractivity contribution in [1.29, 1.82) is 0 Å². The van der Waals surface area contributed by atoms with Crippen LogP contribution < -0.4 is 5.32 Å². The molecule has 0 amide bonds. The Morgan fingerprint density at radius 1 is 1.50 bits per heavy atom. The molecular formula is C11H19N3. The number of aryl methyl sites for hydroxylation is 1. The van der Waals surface area contributed by atoms with Crippen molar-refractivity contribution in [2.45, 2.75) is 32.1 Å². The van der Waals surface area contributed by atoms with Crippen LogP contribution >= 0.6 is 0 Å². The van der Waals surface area contributed by atoms with Gasteiger partial charge in [-0.25, -0.2) is 4.98 Å². The standard InChI is InChI=1S/C11H19N3/c1-3-10-8-13-11(14(10)2)9-4-6-12-7-5-9/h8-9,12H,3-7H2,1-2H3. The van der Waals surface area contributed by atoms with Crippen LogP contribution in [0, 0.1) is 0 Å². The van der Waals surface area contributed by atoms with E-state index >= 15 is 0 Å². The molecule has 0 saturated carbocycles. The van der Waals surface area contributed by atoms with E-state index in [1.807, 2.05) is 6.20 Å². The van der Waals surface area contributed by atoms with E-state index in [-0.39, 0.29) is 0 Å². The minimum absolute atomic E-state index is 0.668. The molecule has 0 spiro atoms. The smallest absolute Gasteiger partial charge is 0.111 e. The fourth-order valence-corrected chi connectivity index (χ4v) is 2.25. The largest absolute Gasteiger partial charge is 0.335 e. The predicted molar refractivity (Wildman–Crippen MR) is 57.4 cm³/mol. The maximum absolute atomic E-state index is 4.55. The molecule has 3 heteroatoms. The summed E-state index contributed by atoms with van der Waals surface area (Å²) >= 11 is 0. The Morgan fingerprint density at radius 3 is 2.79 bits per heavy atom. The van der Waals surface area contributed by atoms with Crippen molar-refractivity contribution in [1.82, 2.24) is 14.9 Å². The maximum Gasteiger partial charge on any atom is 0.111 e. The molecule has 1 aromatic heterocycles. The van der Waals surface area contributed by atoms with Crippen LogP contribution in [0.3, 0.4) is 0 Å². The summed E-state index contributed by atoms with van der Waals surface area (Å²) in [5.41, 5.74) is 1.35. The number of nitrogens with zero attached hydrogens (tertiary/aromatic N) is 2. The fraction of sp³-hybridized carbons (Fsp3) is 0.727. The zero-order chi connectivity index (χ0) is 9.97. The molecule has 1 saturated heterocycles. The molecule has 1 N–H and O–H groups in total. The van der Waals surface area contributed by atoms with E-state index in [1.165, 1.54) is 24.4 Å². The predicted octanol–water partition coefficient (Wildman–Crippen LogP) is 1.45. The van der Waals surface area contributed by atoms with E-state index in [4.69, 9.17) is 0 Å². The topological polar surface area (TPSA) is 29.9 Å². The highest BCUT2D eigenvalue weighted by molar-refractivity contribution is 5.09. The molecule has 0 bridgehead atoms. The fourth-order valence-electron chi connectivity index (χ4n) is 2.25. The average Bonchev–Trinajstić information content (AvgIpc) is 2.61. The van der Waals surface area contributed by atoms with Crippen LogP contribution in [-0.4, -0.2) is 22.6 Å². The third-order valence-electron chi connectivity index (χ3n) is 3.19. The number of piperidine rings is 1. The highest BCUT2D eigenvalue weighted by Crippen LogP contribution is 2.24. The van der Waals surface area contributed by atoms with Crippen molar-refractivity contribution >= 4 is 0 Å². The lowest BCUT2D eigenvalue weighted by Gasteiger charge is -2.22. The number of rotatable bonds is 2. The van der Waals surface area contributed by atoms with Crippen LogP contribution in [0.2, 0.25) is 0 Å². The Labute approximate surface area is 85.5 Å². The van der Waals surface area contributed by atoms with Gasteiger partial charge in [-0.15, -0.1) is 0 Å². The Balaban J connectivity index is 2.18. The molecule has 2 heterocycles. The van der Waals surface area contributed by atoms with Gasteiger partial charge in [-0.05, 0) is 32.4 Å². The summed E-state index contributed by atoms with van der Waals surface area (Å²) < 4.78 is 2.27. The van der Waals surface area contributed by atoms with Crippen LogP contribution in [0.1, 0.15) is 37.2 Å². The minimum atomic E-state index is 0.668. The van der Waals surface area contributed by atoms with Crippen LogP contribution in [0.4, 0.5) is 0 Å². The van der Waals surface area contributed by atoms with Gasteiger partial charge in [0.2, 0.25) is 0 Å². The van der Waals surface area contributed by atoms with Gasteiger partial charge in [-0.3, -0.25) is 0 Å². The number of hydrogen-bond acceptors (Lipinski definition) is 2. The third kappa shape index (κ3) is 1.69. The lowest BCUT2D eigenvalue weighted by Crippen LogP contribution is -2.28. The van der Waals surface area contributed by atoms with Crippen LogP contribution in [0.5, 0.6) is 0 Å². The number of hydrogen-bond donors (Lipinski definition) is 1. The highest BCUT2D eigenvalue weighted by atomic mass is 15.1. The monoisotopic (exact) mass is 193 g/mol. The first-order chi connectivity index (χ1) is 6.83. The normalized spacial score (nSPS) is 18.7. The molecule has 3 nitrogen and oxygen atoms in total. The molecule has 2 rings (SSSR count).